The molecule has 0 radical (unpaired) electrons. The van der Waals surface area contributed by atoms with Crippen LogP contribution in [0.3, 0.4) is 0 Å². The molecule has 0 aliphatic carbocycles. The predicted molar refractivity (Wildman–Crippen MR) is 83.4 cm³/mol. The molecule has 3 rings (SSSR count). The van der Waals surface area contributed by atoms with Gasteiger partial charge < -0.3 is 9.64 Å². The molecule has 0 bridgehead atoms. The van der Waals surface area contributed by atoms with Crippen LogP contribution in [0.15, 0.2) is 6.07 Å². The molecule has 26 heavy (non-hydrogen) atoms. The Balaban J connectivity index is 2.07. The molecule has 0 aromatic heterocycles. The van der Waals surface area contributed by atoms with Crippen molar-refractivity contribution >= 4 is 29.0 Å². The topological polar surface area (TPSA) is 120 Å². The summed E-state index contributed by atoms with van der Waals surface area (Å²) in [7, 11) is 1.29. The second-order valence-corrected chi connectivity index (χ2v) is 5.45. The first-order chi connectivity index (χ1) is 12.3. The Bertz CT molecular complexity index is 791. The number of ether oxygens (including phenoxy) is 1. The molecule has 2 heterocycles. The van der Waals surface area contributed by atoms with Crippen LogP contribution in [0.1, 0.15) is 6.42 Å². The molecular weight excluding hydrogens is 358 g/mol. The second kappa shape index (κ2) is 6.59. The first kappa shape index (κ1) is 17.6. The summed E-state index contributed by atoms with van der Waals surface area (Å²) in [6.45, 7) is -1.10. The smallest absolute Gasteiger partial charge is 0.353 e. The summed E-state index contributed by atoms with van der Waals surface area (Å²) in [5, 5.41) is 13.3. The van der Waals surface area contributed by atoms with Crippen molar-refractivity contribution in [1.29, 1.82) is 0 Å². The molecule has 1 aromatic carbocycles. The van der Waals surface area contributed by atoms with Crippen molar-refractivity contribution in [3.8, 4) is 5.75 Å². The van der Waals surface area contributed by atoms with Gasteiger partial charge in [-0.2, -0.15) is 5.12 Å². The Labute approximate surface area is 145 Å². The van der Waals surface area contributed by atoms with E-state index in [0.29, 0.717) is 5.12 Å². The van der Waals surface area contributed by atoms with Gasteiger partial charge in [0.1, 0.15) is 0 Å². The molecule has 2 aliphatic heterocycles. The van der Waals surface area contributed by atoms with Crippen LogP contribution in [-0.2, 0) is 4.79 Å². The van der Waals surface area contributed by atoms with Crippen LogP contribution < -0.4 is 25.7 Å². The fourth-order valence-corrected chi connectivity index (χ4v) is 2.60. The third-order valence-corrected chi connectivity index (χ3v) is 3.82. The van der Waals surface area contributed by atoms with Crippen molar-refractivity contribution in [1.82, 2.24) is 16.0 Å². The zero-order valence-electron chi connectivity index (χ0n) is 13.5. The fourth-order valence-electron chi connectivity index (χ4n) is 2.60. The molecule has 2 N–H and O–H groups in total. The Morgan fingerprint density at radius 3 is 2.77 bits per heavy atom. The average molecular weight is 372 g/mol. The van der Waals surface area contributed by atoms with E-state index in [1.54, 1.807) is 0 Å². The molecule has 0 unspecified atom stereocenters. The number of halogens is 2. The van der Waals surface area contributed by atoms with Gasteiger partial charge in [-0.25, -0.2) is 19.6 Å². The summed E-state index contributed by atoms with van der Waals surface area (Å²) in [5.74, 6) is -1.78. The van der Waals surface area contributed by atoms with Crippen molar-refractivity contribution in [2.75, 3.05) is 36.9 Å². The van der Waals surface area contributed by atoms with Crippen molar-refractivity contribution in [2.45, 2.75) is 6.42 Å². The van der Waals surface area contributed by atoms with Gasteiger partial charge >= 0.3 is 11.7 Å². The largest absolute Gasteiger partial charge is 0.481 e. The van der Waals surface area contributed by atoms with Crippen LogP contribution in [0.25, 0.3) is 0 Å². The number of nitro benzene ring substituents is 1. The first-order valence-electron chi connectivity index (χ1n) is 7.46. The summed E-state index contributed by atoms with van der Waals surface area (Å²) in [4.78, 5) is 35.4. The van der Waals surface area contributed by atoms with Crippen LogP contribution in [0.4, 0.5) is 30.6 Å². The molecule has 13 heteroatoms. The highest BCUT2D eigenvalue weighted by atomic mass is 19.1. The van der Waals surface area contributed by atoms with Crippen LogP contribution in [0.5, 0.6) is 5.75 Å². The maximum atomic E-state index is 14.6. The van der Waals surface area contributed by atoms with Gasteiger partial charge in [0.05, 0.1) is 11.6 Å². The zero-order valence-corrected chi connectivity index (χ0v) is 13.5. The van der Waals surface area contributed by atoms with Gasteiger partial charge in [0.15, 0.2) is 29.5 Å². The van der Waals surface area contributed by atoms with E-state index in [9.17, 15) is 28.5 Å². The number of nitro groups is 1. The number of carbonyl (C=O) groups excluding carboxylic acids is 2. The lowest BCUT2D eigenvalue weighted by molar-refractivity contribution is -0.383. The molecule has 0 spiro atoms. The van der Waals surface area contributed by atoms with E-state index in [0.717, 1.165) is 16.0 Å². The summed E-state index contributed by atoms with van der Waals surface area (Å²) in [6.07, 6.45) is 0.0219. The molecule has 11 nitrogen and oxygen atoms in total. The van der Waals surface area contributed by atoms with E-state index in [-0.39, 0.29) is 31.0 Å². The zero-order chi connectivity index (χ0) is 19.0. The number of alkyl halides is 1. The molecule has 2 aliphatic rings. The monoisotopic (exact) mass is 372 g/mol. The Hall–Kier alpha value is -3.22. The van der Waals surface area contributed by atoms with Crippen molar-refractivity contribution in [3.05, 3.63) is 22.0 Å². The molecule has 0 atom stereocenters. The highest BCUT2D eigenvalue weighted by molar-refractivity contribution is 6.02. The van der Waals surface area contributed by atoms with Gasteiger partial charge in [-0.3, -0.25) is 19.3 Å². The van der Waals surface area contributed by atoms with Crippen molar-refractivity contribution < 1.29 is 28.0 Å². The molecular formula is C13H14F2N6O5. The third kappa shape index (κ3) is 2.81. The molecule has 1 saturated heterocycles. The number of fused-ring (bicyclic) bond motifs is 1. The Morgan fingerprint density at radius 1 is 1.38 bits per heavy atom. The van der Waals surface area contributed by atoms with Gasteiger partial charge in [0, 0.05) is 19.7 Å². The minimum Gasteiger partial charge on any atom is -0.481 e. The summed E-state index contributed by atoms with van der Waals surface area (Å²) in [5.41, 5.74) is 2.99. The number of hydrazine groups is 3. The van der Waals surface area contributed by atoms with E-state index < -0.39 is 40.7 Å². The standard InChI is InChI=1S/C13H14F2N6O5/c1-18-9(22)6-26-8-5-7(15)10(12(11(8)18)21(24)25)20-16-13(23)19(17-20)4-2-3-14/h5,17H,2-4,6H2,1H3,(H,16,23). The lowest BCUT2D eigenvalue weighted by Gasteiger charge is -2.28. The van der Waals surface area contributed by atoms with E-state index >= 15 is 0 Å². The lowest BCUT2D eigenvalue weighted by atomic mass is 10.1. The number of amides is 3. The van der Waals surface area contributed by atoms with Crippen molar-refractivity contribution in [3.63, 3.8) is 0 Å². The molecule has 1 aromatic rings. The second-order valence-electron chi connectivity index (χ2n) is 5.45. The average Bonchev–Trinajstić information content (AvgIpc) is 2.95. The highest BCUT2D eigenvalue weighted by Gasteiger charge is 2.40. The number of carbonyl (C=O) groups is 2. The van der Waals surface area contributed by atoms with E-state index in [1.807, 2.05) is 0 Å². The maximum Gasteiger partial charge on any atom is 0.353 e. The quantitative estimate of drug-likeness (QED) is 0.574. The fraction of sp³-hybridized carbons (Fsp3) is 0.385. The third-order valence-electron chi connectivity index (χ3n) is 3.82. The van der Waals surface area contributed by atoms with Gasteiger partial charge in [0.2, 0.25) is 0 Å². The highest BCUT2D eigenvalue weighted by Crippen LogP contribution is 2.47. The van der Waals surface area contributed by atoms with Gasteiger partial charge in [0.25, 0.3) is 5.91 Å². The molecule has 1 fully saturated rings. The number of nitrogens with zero attached hydrogens (tertiary/aromatic N) is 4. The molecule has 3 amide bonds. The number of likely N-dealkylation sites (N-methyl/N-ethyl adjacent to an activating group) is 1. The Kier molecular flexibility index (Phi) is 4.46. The maximum absolute atomic E-state index is 14.6. The Morgan fingerprint density at radius 2 is 2.12 bits per heavy atom. The number of rotatable bonds is 5. The minimum absolute atomic E-state index is 0.0219. The predicted octanol–water partition coefficient (Wildman–Crippen LogP) is 0.615. The number of hydrogen-bond donors (Lipinski definition) is 2. The minimum atomic E-state index is -1.06. The molecule has 0 saturated carbocycles. The number of benzene rings is 1. The van der Waals surface area contributed by atoms with Crippen LogP contribution in [0, 0.1) is 15.9 Å². The lowest BCUT2D eigenvalue weighted by Crippen LogP contribution is -2.44. The van der Waals surface area contributed by atoms with Crippen LogP contribution in [-0.4, -0.2) is 48.7 Å². The number of hydrogen-bond acceptors (Lipinski definition) is 7. The number of nitrogens with one attached hydrogen (secondary N) is 2. The SMILES string of the molecule is CN1C(=O)COc2cc(F)c(N3NC(=O)N(CCCF)N3)c([N+](=O)[O-])c21. The van der Waals surface area contributed by atoms with Gasteiger partial charge in [-0.15, -0.1) is 5.53 Å². The molecule has 140 valence electrons. The van der Waals surface area contributed by atoms with Gasteiger partial charge in [-0.05, 0) is 6.42 Å². The number of urea groups is 1. The van der Waals surface area contributed by atoms with Crippen LogP contribution >= 0.6 is 0 Å². The van der Waals surface area contributed by atoms with Gasteiger partial charge in [-0.1, -0.05) is 0 Å². The van der Waals surface area contributed by atoms with Crippen LogP contribution in [0.2, 0.25) is 0 Å². The number of anilines is 2. The van der Waals surface area contributed by atoms with E-state index in [4.69, 9.17) is 4.74 Å². The summed E-state index contributed by atoms with van der Waals surface area (Å²) < 4.78 is 32.0. The van der Waals surface area contributed by atoms with E-state index in [2.05, 4.69) is 11.0 Å². The summed E-state index contributed by atoms with van der Waals surface area (Å²) in [6, 6.07) is 0.143. The normalized spacial score (nSPS) is 16.5. The van der Waals surface area contributed by atoms with Crippen molar-refractivity contribution in [2.24, 2.45) is 0 Å². The first-order valence-corrected chi connectivity index (χ1v) is 7.46. The van der Waals surface area contributed by atoms with E-state index in [1.165, 1.54) is 7.05 Å². The summed E-state index contributed by atoms with van der Waals surface area (Å²) >= 11 is 0.